The lowest BCUT2D eigenvalue weighted by molar-refractivity contribution is -0.114. The smallest absolute Gasteiger partial charge is 0.258 e. The molecule has 0 N–H and O–H groups in total. The molecule has 0 aromatic heterocycles. The third-order valence-corrected chi connectivity index (χ3v) is 6.37. The second kappa shape index (κ2) is 17.2. The highest BCUT2D eigenvalue weighted by molar-refractivity contribution is 6.10. The van der Waals surface area contributed by atoms with Gasteiger partial charge in [0, 0.05) is 16.9 Å². The summed E-state index contributed by atoms with van der Waals surface area (Å²) in [5, 5.41) is 0. The number of benzene rings is 2. The molecule has 33 heavy (non-hydrogen) atoms. The molecule has 0 heterocycles. The Balaban J connectivity index is 1.60. The summed E-state index contributed by atoms with van der Waals surface area (Å²) >= 11 is 0. The van der Waals surface area contributed by atoms with Crippen molar-refractivity contribution in [2.75, 3.05) is 4.90 Å². The van der Waals surface area contributed by atoms with E-state index in [0.717, 1.165) is 24.2 Å². The molecular weight excluding hydrogens is 402 g/mol. The molecule has 0 spiro atoms. The number of rotatable bonds is 18. The molecule has 2 aromatic rings. The van der Waals surface area contributed by atoms with E-state index in [9.17, 15) is 4.79 Å². The lowest BCUT2D eigenvalue weighted by Crippen LogP contribution is -2.27. The molecule has 2 heteroatoms. The number of carbonyl (C=O) groups is 1. The standard InChI is InChI=1S/C31H45NO/c1-3-4-5-6-7-8-9-10-11-12-13-14-15-18-23-28(2)31(33)32(29-24-19-16-20-25-29)30-26-21-17-22-27-30/h16-17,19-22,24-27H,2-15,18,23H2,1H3. The van der Waals surface area contributed by atoms with Gasteiger partial charge in [0.25, 0.3) is 5.91 Å². The largest absolute Gasteiger partial charge is 0.277 e. The van der Waals surface area contributed by atoms with Crippen LogP contribution >= 0.6 is 0 Å². The van der Waals surface area contributed by atoms with E-state index in [2.05, 4.69) is 13.5 Å². The summed E-state index contributed by atoms with van der Waals surface area (Å²) in [4.78, 5) is 15.0. The SMILES string of the molecule is C=C(CCCCCCCCCCCCCCCC)C(=O)N(c1ccccc1)c1ccccc1. The van der Waals surface area contributed by atoms with Crippen molar-refractivity contribution in [1.82, 2.24) is 0 Å². The Morgan fingerprint density at radius 2 is 0.970 bits per heavy atom. The third-order valence-electron chi connectivity index (χ3n) is 6.37. The Labute approximate surface area is 203 Å². The Morgan fingerprint density at radius 3 is 1.36 bits per heavy atom. The topological polar surface area (TPSA) is 20.3 Å². The first-order valence-corrected chi connectivity index (χ1v) is 13.4. The van der Waals surface area contributed by atoms with E-state index < -0.39 is 0 Å². The fourth-order valence-electron chi connectivity index (χ4n) is 4.34. The van der Waals surface area contributed by atoms with E-state index >= 15 is 0 Å². The van der Waals surface area contributed by atoms with Gasteiger partial charge in [-0.2, -0.15) is 0 Å². The molecule has 0 aliphatic carbocycles. The van der Waals surface area contributed by atoms with Gasteiger partial charge in [-0.05, 0) is 37.1 Å². The summed E-state index contributed by atoms with van der Waals surface area (Å²) < 4.78 is 0. The van der Waals surface area contributed by atoms with Gasteiger partial charge in [-0.15, -0.1) is 0 Å². The summed E-state index contributed by atoms with van der Waals surface area (Å²) in [6, 6.07) is 19.7. The van der Waals surface area contributed by atoms with E-state index in [1.165, 1.54) is 83.5 Å². The van der Waals surface area contributed by atoms with E-state index in [-0.39, 0.29) is 5.91 Å². The molecule has 0 bridgehead atoms. The van der Waals surface area contributed by atoms with Gasteiger partial charge in [0.2, 0.25) is 0 Å². The van der Waals surface area contributed by atoms with Crippen LogP contribution in [0.15, 0.2) is 72.8 Å². The van der Waals surface area contributed by atoms with Crippen LogP contribution in [-0.4, -0.2) is 5.91 Å². The number of para-hydroxylation sites is 2. The van der Waals surface area contributed by atoms with Crippen LogP contribution in [0.1, 0.15) is 103 Å². The van der Waals surface area contributed by atoms with Gasteiger partial charge < -0.3 is 0 Å². The van der Waals surface area contributed by atoms with Gasteiger partial charge in [-0.1, -0.05) is 133 Å². The molecule has 2 nitrogen and oxygen atoms in total. The number of hydrogen-bond acceptors (Lipinski definition) is 1. The number of unbranched alkanes of at least 4 members (excludes halogenated alkanes) is 13. The van der Waals surface area contributed by atoms with Crippen LogP contribution in [0, 0.1) is 0 Å². The highest BCUT2D eigenvalue weighted by Gasteiger charge is 2.20. The highest BCUT2D eigenvalue weighted by atomic mass is 16.2. The van der Waals surface area contributed by atoms with Crippen LogP contribution in [0.5, 0.6) is 0 Å². The predicted octanol–water partition coefficient (Wildman–Crippen LogP) is 9.78. The van der Waals surface area contributed by atoms with Crippen LogP contribution in [0.2, 0.25) is 0 Å². The second-order valence-electron chi connectivity index (χ2n) is 9.26. The minimum atomic E-state index is 0.00194. The third kappa shape index (κ3) is 10.9. The summed E-state index contributed by atoms with van der Waals surface area (Å²) in [5.41, 5.74) is 2.47. The zero-order valence-corrected chi connectivity index (χ0v) is 20.9. The fourth-order valence-corrected chi connectivity index (χ4v) is 4.34. The Morgan fingerprint density at radius 1 is 0.606 bits per heavy atom. The molecule has 2 aromatic carbocycles. The number of nitrogens with zero attached hydrogens (tertiary/aromatic N) is 1. The normalized spacial score (nSPS) is 10.8. The Bertz CT molecular complexity index is 729. The van der Waals surface area contributed by atoms with Crippen LogP contribution in [0.4, 0.5) is 11.4 Å². The van der Waals surface area contributed by atoms with Gasteiger partial charge in [0.15, 0.2) is 0 Å². The first kappa shape index (κ1) is 26.9. The zero-order chi connectivity index (χ0) is 23.6. The zero-order valence-electron chi connectivity index (χ0n) is 20.9. The first-order chi connectivity index (χ1) is 16.2. The van der Waals surface area contributed by atoms with Crippen LogP contribution in [0.3, 0.4) is 0 Å². The lowest BCUT2D eigenvalue weighted by Gasteiger charge is -2.24. The van der Waals surface area contributed by atoms with Crippen molar-refractivity contribution in [3.8, 4) is 0 Å². The monoisotopic (exact) mass is 447 g/mol. The maximum atomic E-state index is 13.2. The van der Waals surface area contributed by atoms with E-state index in [1.54, 1.807) is 4.90 Å². The number of anilines is 2. The molecule has 0 aliphatic heterocycles. The number of hydrogen-bond donors (Lipinski definition) is 0. The summed E-state index contributed by atoms with van der Waals surface area (Å²) in [6.45, 7) is 6.41. The van der Waals surface area contributed by atoms with Gasteiger partial charge in [0.1, 0.15) is 0 Å². The minimum Gasteiger partial charge on any atom is -0.277 e. The van der Waals surface area contributed by atoms with Gasteiger partial charge in [0.05, 0.1) is 0 Å². The maximum Gasteiger partial charge on any atom is 0.258 e. The van der Waals surface area contributed by atoms with Crippen molar-refractivity contribution < 1.29 is 4.79 Å². The predicted molar refractivity (Wildman–Crippen MR) is 144 cm³/mol. The molecule has 0 unspecified atom stereocenters. The summed E-state index contributed by atoms with van der Waals surface area (Å²) in [5.74, 6) is 0.00194. The molecule has 180 valence electrons. The van der Waals surface area contributed by atoms with Crippen molar-refractivity contribution in [2.45, 2.75) is 103 Å². The van der Waals surface area contributed by atoms with Crippen molar-refractivity contribution in [3.05, 3.63) is 72.8 Å². The van der Waals surface area contributed by atoms with E-state index in [4.69, 9.17) is 0 Å². The summed E-state index contributed by atoms with van der Waals surface area (Å²) in [6.07, 6.45) is 19.5. The number of amides is 1. The molecular formula is C31H45NO. The van der Waals surface area contributed by atoms with Crippen molar-refractivity contribution in [1.29, 1.82) is 0 Å². The van der Waals surface area contributed by atoms with Gasteiger partial charge >= 0.3 is 0 Å². The first-order valence-electron chi connectivity index (χ1n) is 13.4. The van der Waals surface area contributed by atoms with E-state index in [0.29, 0.717) is 5.57 Å². The van der Waals surface area contributed by atoms with Crippen LogP contribution in [0.25, 0.3) is 0 Å². The molecule has 0 aliphatic rings. The molecule has 1 amide bonds. The minimum absolute atomic E-state index is 0.00194. The molecule has 0 radical (unpaired) electrons. The lowest BCUT2D eigenvalue weighted by atomic mass is 10.0. The van der Waals surface area contributed by atoms with Crippen LogP contribution in [-0.2, 0) is 4.79 Å². The second-order valence-corrected chi connectivity index (χ2v) is 9.26. The van der Waals surface area contributed by atoms with Crippen molar-refractivity contribution in [3.63, 3.8) is 0 Å². The molecule has 2 rings (SSSR count). The average molecular weight is 448 g/mol. The highest BCUT2D eigenvalue weighted by Crippen LogP contribution is 2.27. The Kier molecular flexibility index (Phi) is 14.0. The van der Waals surface area contributed by atoms with Crippen LogP contribution < -0.4 is 4.90 Å². The van der Waals surface area contributed by atoms with Gasteiger partial charge in [-0.3, -0.25) is 9.69 Å². The fraction of sp³-hybridized carbons (Fsp3) is 0.516. The molecule has 0 saturated heterocycles. The maximum absolute atomic E-state index is 13.2. The summed E-state index contributed by atoms with van der Waals surface area (Å²) in [7, 11) is 0. The molecule has 0 saturated carbocycles. The van der Waals surface area contributed by atoms with Crippen molar-refractivity contribution >= 4 is 17.3 Å². The molecule has 0 atom stereocenters. The average Bonchev–Trinajstić information content (AvgIpc) is 2.85. The van der Waals surface area contributed by atoms with Gasteiger partial charge in [-0.25, -0.2) is 0 Å². The molecule has 0 fully saturated rings. The number of carbonyl (C=O) groups excluding carboxylic acids is 1. The quantitative estimate of drug-likeness (QED) is 0.164. The van der Waals surface area contributed by atoms with E-state index in [1.807, 2.05) is 60.7 Å². The Hall–Kier alpha value is -2.35. The van der Waals surface area contributed by atoms with Crippen molar-refractivity contribution in [2.24, 2.45) is 0 Å².